The maximum atomic E-state index is 15.2. The number of phenolic OH excluding ortho intramolecular Hbond substituents is 1. The number of thioether (sulfide) groups is 1. The van der Waals surface area contributed by atoms with Crippen LogP contribution in [0.25, 0.3) is 27.4 Å². The van der Waals surface area contributed by atoms with E-state index < -0.39 is 45.9 Å². The number of rotatable bonds is 5. The molecule has 2 aromatic carbocycles. The Morgan fingerprint density at radius 1 is 1.07 bits per heavy atom. The summed E-state index contributed by atoms with van der Waals surface area (Å²) in [5, 5.41) is 13.4. The fourth-order valence-corrected chi connectivity index (χ4v) is 7.84. The van der Waals surface area contributed by atoms with Crippen molar-refractivity contribution in [1.82, 2.24) is 24.8 Å². The molecule has 0 radical (unpaired) electrons. The number of likely N-dealkylation sites (tertiary alicyclic amines) is 1. The number of nitrogens with zero attached hydrogens (tertiary/aromatic N) is 5. The third-order valence-corrected chi connectivity index (χ3v) is 9.92. The lowest BCUT2D eigenvalue weighted by Gasteiger charge is -2.34. The lowest BCUT2D eigenvalue weighted by Crippen LogP contribution is -2.51. The van der Waals surface area contributed by atoms with Crippen molar-refractivity contribution in [1.29, 1.82) is 0 Å². The Morgan fingerprint density at radius 3 is 2.50 bits per heavy atom. The highest BCUT2D eigenvalue weighted by atomic mass is 32.2. The predicted molar refractivity (Wildman–Crippen MR) is 158 cm³/mol. The third kappa shape index (κ3) is 5.06. The molecular formula is C30H29F5N6O2S. The number of anilines is 1. The van der Waals surface area contributed by atoms with Gasteiger partial charge >= 0.3 is 6.18 Å². The summed E-state index contributed by atoms with van der Waals surface area (Å²) in [5.74, 6) is -2.39. The quantitative estimate of drug-likeness (QED) is 0.180. The van der Waals surface area contributed by atoms with E-state index in [2.05, 4.69) is 15.2 Å². The molecule has 8 nitrogen and oxygen atoms in total. The van der Waals surface area contributed by atoms with E-state index in [1.807, 2.05) is 11.9 Å². The molecule has 14 heteroatoms. The first kappa shape index (κ1) is 29.2. The number of nitrogens with one attached hydrogen (secondary N) is 1. The van der Waals surface area contributed by atoms with Gasteiger partial charge in [0.1, 0.15) is 22.8 Å². The van der Waals surface area contributed by atoms with Crippen molar-refractivity contribution in [2.24, 2.45) is 0 Å². The van der Waals surface area contributed by atoms with Gasteiger partial charge in [0.2, 0.25) is 0 Å². The van der Waals surface area contributed by atoms with Gasteiger partial charge in [0.15, 0.2) is 16.8 Å². The first-order valence-electron chi connectivity index (χ1n) is 14.5. The summed E-state index contributed by atoms with van der Waals surface area (Å²) in [7, 11) is 2.03. The normalized spacial score (nSPS) is 22.5. The van der Waals surface area contributed by atoms with E-state index in [1.54, 1.807) is 0 Å². The smallest absolute Gasteiger partial charge is 0.431 e. The molecule has 5 heterocycles. The summed E-state index contributed by atoms with van der Waals surface area (Å²) < 4.78 is 74.2. The summed E-state index contributed by atoms with van der Waals surface area (Å²) in [6, 6.07) is 5.20. The Bertz CT molecular complexity index is 1840. The molecule has 2 aromatic heterocycles. The zero-order valence-corrected chi connectivity index (χ0v) is 24.5. The number of aromatic hydroxyl groups is 1. The van der Waals surface area contributed by atoms with Crippen molar-refractivity contribution in [2.45, 2.75) is 55.1 Å². The fraction of sp³-hybridized carbons (Fsp3) is 0.433. The minimum atomic E-state index is -5.09. The van der Waals surface area contributed by atoms with E-state index in [-0.39, 0.29) is 50.0 Å². The largest absolute Gasteiger partial charge is 0.508 e. The molecule has 0 unspecified atom stereocenters. The highest BCUT2D eigenvalue weighted by molar-refractivity contribution is 7.99. The Kier molecular flexibility index (Phi) is 7.20. The van der Waals surface area contributed by atoms with E-state index >= 15 is 4.39 Å². The number of benzene rings is 2. The zero-order chi connectivity index (χ0) is 30.9. The number of hydrogen-bond donors (Lipinski definition) is 2. The molecule has 3 aliphatic rings. The van der Waals surface area contributed by atoms with Gasteiger partial charge in [0.25, 0.3) is 5.56 Å². The van der Waals surface area contributed by atoms with Crippen LogP contribution >= 0.6 is 11.8 Å². The van der Waals surface area contributed by atoms with Crippen LogP contribution in [0.3, 0.4) is 0 Å². The van der Waals surface area contributed by atoms with Crippen LogP contribution in [-0.4, -0.2) is 75.1 Å². The maximum absolute atomic E-state index is 15.2. The van der Waals surface area contributed by atoms with Gasteiger partial charge in [0.05, 0.1) is 11.1 Å². The molecular weight excluding hydrogens is 603 g/mol. The average molecular weight is 633 g/mol. The topological polar surface area (TPSA) is 86.5 Å². The SMILES string of the molecule is CN1CCC[C@H]1CSc1nc(N2C[C@H]3CC[C@@H](C2)N3)c2cc(C(F)(F)F)n(-c3cc(O)cc4ccc(F)c(F)c34)c(=O)c2n1. The van der Waals surface area contributed by atoms with E-state index in [4.69, 9.17) is 4.98 Å². The van der Waals surface area contributed by atoms with Gasteiger partial charge in [-0.3, -0.25) is 9.36 Å². The van der Waals surface area contributed by atoms with Crippen molar-refractivity contribution in [3.05, 3.63) is 58.0 Å². The van der Waals surface area contributed by atoms with Crippen LogP contribution in [0.5, 0.6) is 5.75 Å². The number of fused-ring (bicyclic) bond motifs is 4. The molecule has 0 spiro atoms. The van der Waals surface area contributed by atoms with Crippen LogP contribution in [0.2, 0.25) is 0 Å². The number of pyridine rings is 1. The van der Waals surface area contributed by atoms with Crippen LogP contribution in [0.4, 0.5) is 27.8 Å². The number of halogens is 5. The molecule has 3 atom stereocenters. The molecule has 0 aliphatic carbocycles. The van der Waals surface area contributed by atoms with Crippen molar-refractivity contribution < 1.29 is 27.1 Å². The molecule has 0 amide bonds. The third-order valence-electron chi connectivity index (χ3n) is 8.93. The Morgan fingerprint density at radius 2 is 1.82 bits per heavy atom. The monoisotopic (exact) mass is 632 g/mol. The van der Waals surface area contributed by atoms with Gasteiger partial charge in [-0.15, -0.1) is 0 Å². The minimum absolute atomic E-state index is 0.0710. The summed E-state index contributed by atoms with van der Waals surface area (Å²) in [4.78, 5) is 27.6. The van der Waals surface area contributed by atoms with Crippen molar-refractivity contribution in [2.75, 3.05) is 37.3 Å². The lowest BCUT2D eigenvalue weighted by molar-refractivity contribution is -0.142. The molecule has 2 bridgehead atoms. The number of phenols is 1. The van der Waals surface area contributed by atoms with Gasteiger partial charge < -0.3 is 20.2 Å². The predicted octanol–water partition coefficient (Wildman–Crippen LogP) is 5.06. The van der Waals surface area contributed by atoms with Crippen LogP contribution in [0, 0.1) is 11.6 Å². The standard InChI is InChI=1S/C30H29F5N6O2S/c1-39-8-2-3-18(39)14-44-29-37-26-20(27(38-29)40-12-16-5-6-17(13-40)36-16)11-23(30(33,34)35)41(28(26)43)22-10-19(42)9-15-4-7-21(31)25(32)24(15)22/h4,7,9-11,16-18,36,42H,2-3,5-6,8,12-14H2,1H3/t16-,17+,18-/m0/s1. The molecule has 3 aliphatic heterocycles. The summed E-state index contributed by atoms with van der Waals surface area (Å²) >= 11 is 1.34. The highest BCUT2D eigenvalue weighted by Gasteiger charge is 2.39. The average Bonchev–Trinajstić information content (AvgIpc) is 3.55. The van der Waals surface area contributed by atoms with Gasteiger partial charge in [-0.2, -0.15) is 13.2 Å². The molecule has 232 valence electrons. The van der Waals surface area contributed by atoms with E-state index in [0.29, 0.717) is 18.8 Å². The van der Waals surface area contributed by atoms with Crippen molar-refractivity contribution in [3.63, 3.8) is 0 Å². The Balaban J connectivity index is 1.48. The van der Waals surface area contributed by atoms with Gasteiger partial charge in [-0.25, -0.2) is 18.7 Å². The van der Waals surface area contributed by atoms with Crippen molar-refractivity contribution >= 4 is 39.3 Å². The Labute approximate surface area is 252 Å². The first-order chi connectivity index (χ1) is 21.0. The fourth-order valence-electron chi connectivity index (χ4n) is 6.77. The van der Waals surface area contributed by atoms with E-state index in [9.17, 15) is 27.5 Å². The second-order valence-corrected chi connectivity index (χ2v) is 12.8. The second kappa shape index (κ2) is 10.8. The van der Waals surface area contributed by atoms with Crippen molar-refractivity contribution in [3.8, 4) is 11.4 Å². The van der Waals surface area contributed by atoms with Gasteiger partial charge in [-0.05, 0) is 62.9 Å². The molecule has 7 rings (SSSR count). The van der Waals surface area contributed by atoms with E-state index in [1.165, 1.54) is 11.8 Å². The molecule has 0 saturated carbocycles. The van der Waals surface area contributed by atoms with Crippen LogP contribution < -0.4 is 15.8 Å². The summed E-state index contributed by atoms with van der Waals surface area (Å²) in [5.41, 5.74) is -3.50. The molecule has 4 aromatic rings. The lowest BCUT2D eigenvalue weighted by atomic mass is 10.1. The zero-order valence-electron chi connectivity index (χ0n) is 23.7. The second-order valence-electron chi connectivity index (χ2n) is 11.8. The summed E-state index contributed by atoms with van der Waals surface area (Å²) in [6.07, 6.45) is -1.20. The van der Waals surface area contributed by atoms with Crippen LogP contribution in [0.1, 0.15) is 31.4 Å². The van der Waals surface area contributed by atoms with Crippen LogP contribution in [0.15, 0.2) is 40.3 Å². The molecule has 44 heavy (non-hydrogen) atoms. The number of aromatic nitrogens is 3. The van der Waals surface area contributed by atoms with Gasteiger partial charge in [0, 0.05) is 48.4 Å². The summed E-state index contributed by atoms with van der Waals surface area (Å²) in [6.45, 7) is 1.97. The molecule has 2 N–H and O–H groups in total. The number of hydrogen-bond acceptors (Lipinski definition) is 8. The first-order valence-corrected chi connectivity index (χ1v) is 15.5. The minimum Gasteiger partial charge on any atom is -0.508 e. The van der Waals surface area contributed by atoms with E-state index in [0.717, 1.165) is 62.6 Å². The number of alkyl halides is 3. The maximum Gasteiger partial charge on any atom is 0.431 e. The molecule has 3 saturated heterocycles. The number of piperazine rings is 1. The van der Waals surface area contributed by atoms with Crippen LogP contribution in [-0.2, 0) is 6.18 Å². The van der Waals surface area contributed by atoms with Gasteiger partial charge in [-0.1, -0.05) is 17.8 Å². The Hall–Kier alpha value is -3.49. The molecule has 3 fully saturated rings. The highest BCUT2D eigenvalue weighted by Crippen LogP contribution is 2.39.